The van der Waals surface area contributed by atoms with Crippen LogP contribution in [0.2, 0.25) is 10.0 Å². The zero-order valence-corrected chi connectivity index (χ0v) is 22.1. The minimum atomic E-state index is -0.773. The highest BCUT2D eigenvalue weighted by Crippen LogP contribution is 2.49. The highest BCUT2D eigenvalue weighted by atomic mass is 35.5. The standard InChI is InChI=1S/C29H36Cl2N2O2/c1-2-3-9-21(13-16-27(34)32-24-11-5-4-6-12-24)29(19-20-8-7-10-22(30)17-20)25-15-14-23(31)18-26(25)33-28(29)35/h7-8,10,14-15,17-18,21,24H,2-6,9,11-13,16,19H2,1H3,(H,32,34)(H,33,35). The van der Waals surface area contributed by atoms with Crippen LogP contribution in [0.15, 0.2) is 42.5 Å². The summed E-state index contributed by atoms with van der Waals surface area (Å²) in [5.41, 5.74) is 1.99. The lowest BCUT2D eigenvalue weighted by atomic mass is 9.64. The number of nitrogens with one attached hydrogen (secondary N) is 2. The second kappa shape index (κ2) is 11.8. The van der Waals surface area contributed by atoms with Gasteiger partial charge in [0.2, 0.25) is 11.8 Å². The van der Waals surface area contributed by atoms with Crippen molar-refractivity contribution in [3.05, 3.63) is 63.6 Å². The molecule has 1 aliphatic heterocycles. The maximum absolute atomic E-state index is 13.8. The average Bonchev–Trinajstić information content (AvgIpc) is 3.10. The highest BCUT2D eigenvalue weighted by Gasteiger charge is 2.51. The molecular weight excluding hydrogens is 479 g/mol. The molecule has 0 spiro atoms. The summed E-state index contributed by atoms with van der Waals surface area (Å²) < 4.78 is 0. The molecule has 4 nitrogen and oxygen atoms in total. The molecule has 6 heteroatoms. The van der Waals surface area contributed by atoms with Gasteiger partial charge in [-0.25, -0.2) is 0 Å². The number of carbonyl (C=O) groups is 2. The summed E-state index contributed by atoms with van der Waals surface area (Å²) in [6, 6.07) is 13.7. The summed E-state index contributed by atoms with van der Waals surface area (Å²) in [4.78, 5) is 26.8. The molecule has 0 saturated heterocycles. The first-order chi connectivity index (χ1) is 16.9. The SMILES string of the molecule is CCCCC(CCC(=O)NC1CCCCC1)C1(Cc2cccc(Cl)c2)C(=O)Nc2cc(Cl)ccc21. The zero-order chi connectivity index (χ0) is 24.8. The molecule has 0 radical (unpaired) electrons. The molecule has 188 valence electrons. The zero-order valence-electron chi connectivity index (χ0n) is 20.5. The van der Waals surface area contributed by atoms with E-state index < -0.39 is 5.41 Å². The minimum absolute atomic E-state index is 0.0106. The number of anilines is 1. The van der Waals surface area contributed by atoms with Gasteiger partial charge in [-0.1, -0.05) is 80.4 Å². The van der Waals surface area contributed by atoms with Crippen LogP contribution in [0.4, 0.5) is 5.69 Å². The average molecular weight is 516 g/mol. The molecule has 2 aromatic carbocycles. The van der Waals surface area contributed by atoms with Gasteiger partial charge in [-0.05, 0) is 73.4 Å². The van der Waals surface area contributed by atoms with Crippen molar-refractivity contribution in [1.82, 2.24) is 5.32 Å². The van der Waals surface area contributed by atoms with Gasteiger partial charge in [0, 0.05) is 28.2 Å². The van der Waals surface area contributed by atoms with Crippen molar-refractivity contribution >= 4 is 40.7 Å². The number of carbonyl (C=O) groups excluding carboxylic acids is 2. The van der Waals surface area contributed by atoms with Crippen LogP contribution >= 0.6 is 23.2 Å². The smallest absolute Gasteiger partial charge is 0.235 e. The fraction of sp³-hybridized carbons (Fsp3) is 0.517. The number of hydrogen-bond donors (Lipinski definition) is 2. The number of halogens is 2. The summed E-state index contributed by atoms with van der Waals surface area (Å²) in [5.74, 6) is 0.107. The highest BCUT2D eigenvalue weighted by molar-refractivity contribution is 6.31. The number of rotatable bonds is 10. The Bertz CT molecular complexity index is 1050. The van der Waals surface area contributed by atoms with Crippen LogP contribution in [0.1, 0.15) is 82.3 Å². The third-order valence-electron chi connectivity index (χ3n) is 7.78. The predicted molar refractivity (Wildman–Crippen MR) is 144 cm³/mol. The van der Waals surface area contributed by atoms with Gasteiger partial charge in [-0.3, -0.25) is 9.59 Å². The normalized spacial score (nSPS) is 20.8. The predicted octanol–water partition coefficient (Wildman–Crippen LogP) is 7.46. The molecule has 1 fully saturated rings. The largest absolute Gasteiger partial charge is 0.353 e. The first-order valence-corrected chi connectivity index (χ1v) is 13.8. The van der Waals surface area contributed by atoms with E-state index in [1.54, 1.807) is 0 Å². The van der Waals surface area contributed by atoms with Gasteiger partial charge < -0.3 is 10.6 Å². The summed E-state index contributed by atoms with van der Waals surface area (Å²) >= 11 is 12.6. The van der Waals surface area contributed by atoms with Crippen molar-refractivity contribution in [3.8, 4) is 0 Å². The molecule has 1 heterocycles. The van der Waals surface area contributed by atoms with Gasteiger partial charge in [0.1, 0.15) is 0 Å². The van der Waals surface area contributed by atoms with Gasteiger partial charge in [-0.2, -0.15) is 0 Å². The van der Waals surface area contributed by atoms with E-state index in [0.717, 1.165) is 48.9 Å². The van der Waals surface area contributed by atoms with Crippen molar-refractivity contribution in [1.29, 1.82) is 0 Å². The fourth-order valence-corrected chi connectivity index (χ4v) is 6.38. The topological polar surface area (TPSA) is 58.2 Å². The Balaban J connectivity index is 1.64. The third kappa shape index (κ3) is 6.03. The van der Waals surface area contributed by atoms with E-state index in [0.29, 0.717) is 35.3 Å². The van der Waals surface area contributed by atoms with Crippen LogP contribution in [-0.4, -0.2) is 17.9 Å². The summed E-state index contributed by atoms with van der Waals surface area (Å²) in [6.07, 6.45) is 10.3. The third-order valence-corrected chi connectivity index (χ3v) is 8.25. The molecule has 2 unspecified atom stereocenters. The summed E-state index contributed by atoms with van der Waals surface area (Å²) in [6.45, 7) is 2.17. The molecule has 35 heavy (non-hydrogen) atoms. The second-order valence-electron chi connectivity index (χ2n) is 10.2. The molecular formula is C29H36Cl2N2O2. The molecule has 1 saturated carbocycles. The molecule has 2 amide bonds. The minimum Gasteiger partial charge on any atom is -0.353 e. The molecule has 2 aromatic rings. The molecule has 2 N–H and O–H groups in total. The Morgan fingerprint density at radius 3 is 2.60 bits per heavy atom. The van der Waals surface area contributed by atoms with Crippen LogP contribution < -0.4 is 10.6 Å². The van der Waals surface area contributed by atoms with Gasteiger partial charge in [-0.15, -0.1) is 0 Å². The van der Waals surface area contributed by atoms with Crippen molar-refractivity contribution < 1.29 is 9.59 Å². The molecule has 1 aliphatic carbocycles. The molecule has 2 aliphatic rings. The fourth-order valence-electron chi connectivity index (χ4n) is 6.00. The van der Waals surface area contributed by atoms with Crippen molar-refractivity contribution in [2.24, 2.45) is 5.92 Å². The van der Waals surface area contributed by atoms with Crippen molar-refractivity contribution in [2.45, 2.75) is 89.0 Å². The van der Waals surface area contributed by atoms with Crippen molar-refractivity contribution in [3.63, 3.8) is 0 Å². The first-order valence-electron chi connectivity index (χ1n) is 13.1. The maximum atomic E-state index is 13.8. The van der Waals surface area contributed by atoms with Crippen LogP contribution in [0, 0.1) is 5.92 Å². The maximum Gasteiger partial charge on any atom is 0.235 e. The monoisotopic (exact) mass is 514 g/mol. The van der Waals surface area contributed by atoms with Gasteiger partial charge in [0.25, 0.3) is 0 Å². The number of amides is 2. The molecule has 0 aromatic heterocycles. The Morgan fingerprint density at radius 2 is 1.86 bits per heavy atom. The lowest BCUT2D eigenvalue weighted by Crippen LogP contribution is -2.45. The molecule has 4 rings (SSSR count). The van der Waals surface area contributed by atoms with E-state index in [9.17, 15) is 9.59 Å². The number of fused-ring (bicyclic) bond motifs is 1. The van der Waals surface area contributed by atoms with E-state index in [2.05, 4.69) is 17.6 Å². The Morgan fingerprint density at radius 1 is 1.09 bits per heavy atom. The number of benzene rings is 2. The Labute approximate surface area is 219 Å². The number of unbranched alkanes of at least 4 members (excludes halogenated alkanes) is 1. The summed E-state index contributed by atoms with van der Waals surface area (Å²) in [7, 11) is 0. The lowest BCUT2D eigenvalue weighted by Gasteiger charge is -2.37. The first kappa shape index (κ1) is 26.0. The quantitative estimate of drug-likeness (QED) is 0.345. The van der Waals surface area contributed by atoms with Crippen LogP contribution in [0.3, 0.4) is 0 Å². The Kier molecular flexibility index (Phi) is 8.77. The van der Waals surface area contributed by atoms with Crippen LogP contribution in [-0.2, 0) is 21.4 Å². The molecule has 0 bridgehead atoms. The lowest BCUT2D eigenvalue weighted by molar-refractivity contribution is -0.125. The van der Waals surface area contributed by atoms with Crippen LogP contribution in [0.5, 0.6) is 0 Å². The Hall–Kier alpha value is -2.04. The van der Waals surface area contributed by atoms with Gasteiger partial charge in [0.15, 0.2) is 0 Å². The van der Waals surface area contributed by atoms with Crippen molar-refractivity contribution in [2.75, 3.05) is 5.32 Å². The second-order valence-corrected chi connectivity index (χ2v) is 11.1. The number of hydrogen-bond acceptors (Lipinski definition) is 2. The van der Waals surface area contributed by atoms with E-state index in [1.807, 2.05) is 42.5 Å². The van der Waals surface area contributed by atoms with Crippen LogP contribution in [0.25, 0.3) is 0 Å². The summed E-state index contributed by atoms with van der Waals surface area (Å²) in [5, 5.41) is 7.62. The molecule has 2 atom stereocenters. The van der Waals surface area contributed by atoms with E-state index >= 15 is 0 Å². The van der Waals surface area contributed by atoms with E-state index in [1.165, 1.54) is 19.3 Å². The van der Waals surface area contributed by atoms with E-state index in [4.69, 9.17) is 23.2 Å². The van der Waals surface area contributed by atoms with Gasteiger partial charge in [0.05, 0.1) is 5.41 Å². The van der Waals surface area contributed by atoms with E-state index in [-0.39, 0.29) is 17.7 Å². The van der Waals surface area contributed by atoms with Gasteiger partial charge >= 0.3 is 0 Å².